The molecule has 0 aromatic carbocycles. The maximum Gasteiger partial charge on any atom is 0.141 e. The number of halogens is 1. The van der Waals surface area contributed by atoms with Gasteiger partial charge in [-0.3, -0.25) is 0 Å². The standard InChI is InChI=1S/C8H12FNS/c1-8(2,3)6-5-10-7(4-9)11-6/h5H,4H2,1-3H3. The van der Waals surface area contributed by atoms with Crippen molar-refractivity contribution >= 4 is 11.3 Å². The van der Waals surface area contributed by atoms with Gasteiger partial charge in [0, 0.05) is 11.1 Å². The molecule has 1 aromatic rings. The third-order valence-electron chi connectivity index (χ3n) is 1.41. The summed E-state index contributed by atoms with van der Waals surface area (Å²) in [6, 6.07) is 0. The molecular formula is C8H12FNS. The number of rotatable bonds is 1. The molecule has 0 aliphatic carbocycles. The molecule has 0 spiro atoms. The van der Waals surface area contributed by atoms with Crippen LogP contribution in [0.3, 0.4) is 0 Å². The molecule has 0 atom stereocenters. The predicted molar refractivity (Wildman–Crippen MR) is 45.6 cm³/mol. The molecule has 62 valence electrons. The van der Waals surface area contributed by atoms with E-state index in [1.165, 1.54) is 11.3 Å². The van der Waals surface area contributed by atoms with Gasteiger partial charge in [-0.15, -0.1) is 11.3 Å². The molecule has 1 aromatic heterocycles. The summed E-state index contributed by atoms with van der Waals surface area (Å²) in [7, 11) is 0. The zero-order chi connectivity index (χ0) is 8.48. The van der Waals surface area contributed by atoms with Crippen molar-refractivity contribution in [3.05, 3.63) is 16.1 Å². The van der Waals surface area contributed by atoms with Crippen LogP contribution in [0.15, 0.2) is 6.20 Å². The summed E-state index contributed by atoms with van der Waals surface area (Å²) < 4.78 is 12.1. The summed E-state index contributed by atoms with van der Waals surface area (Å²) in [4.78, 5) is 5.09. The number of aromatic nitrogens is 1. The highest BCUT2D eigenvalue weighted by atomic mass is 32.1. The minimum absolute atomic E-state index is 0.102. The van der Waals surface area contributed by atoms with Crippen molar-refractivity contribution in [1.82, 2.24) is 4.98 Å². The molecule has 11 heavy (non-hydrogen) atoms. The fourth-order valence-corrected chi connectivity index (χ4v) is 1.54. The van der Waals surface area contributed by atoms with Crippen molar-refractivity contribution < 1.29 is 4.39 Å². The molecule has 0 unspecified atom stereocenters. The van der Waals surface area contributed by atoms with Gasteiger partial charge in [-0.25, -0.2) is 9.37 Å². The van der Waals surface area contributed by atoms with Crippen LogP contribution in [0.2, 0.25) is 0 Å². The molecule has 3 heteroatoms. The smallest absolute Gasteiger partial charge is 0.141 e. The van der Waals surface area contributed by atoms with E-state index >= 15 is 0 Å². The average molecular weight is 173 g/mol. The first-order valence-corrected chi connectivity index (χ1v) is 4.37. The van der Waals surface area contributed by atoms with Gasteiger partial charge >= 0.3 is 0 Å². The second kappa shape index (κ2) is 2.89. The Labute approximate surface area is 70.3 Å². The van der Waals surface area contributed by atoms with Crippen molar-refractivity contribution in [1.29, 1.82) is 0 Å². The van der Waals surface area contributed by atoms with Crippen LogP contribution >= 0.6 is 11.3 Å². The zero-order valence-corrected chi connectivity index (χ0v) is 7.83. The van der Waals surface area contributed by atoms with E-state index in [1.807, 2.05) is 0 Å². The van der Waals surface area contributed by atoms with E-state index in [9.17, 15) is 4.39 Å². The molecule has 0 N–H and O–H groups in total. The van der Waals surface area contributed by atoms with Crippen LogP contribution in [0.25, 0.3) is 0 Å². The molecule has 0 aliphatic rings. The molecular weight excluding hydrogens is 161 g/mol. The van der Waals surface area contributed by atoms with Gasteiger partial charge in [0.05, 0.1) is 0 Å². The van der Waals surface area contributed by atoms with Crippen LogP contribution in [-0.2, 0) is 12.1 Å². The summed E-state index contributed by atoms with van der Waals surface area (Å²) >= 11 is 1.45. The number of nitrogens with zero attached hydrogens (tertiary/aromatic N) is 1. The molecule has 1 heterocycles. The number of hydrogen-bond acceptors (Lipinski definition) is 2. The largest absolute Gasteiger partial charge is 0.247 e. The summed E-state index contributed by atoms with van der Waals surface area (Å²) in [6.07, 6.45) is 1.76. The Morgan fingerprint density at radius 2 is 2.18 bits per heavy atom. The Hall–Kier alpha value is -0.440. The number of thiazole rings is 1. The van der Waals surface area contributed by atoms with E-state index in [1.54, 1.807) is 6.20 Å². The molecule has 0 fully saturated rings. The fraction of sp³-hybridized carbons (Fsp3) is 0.625. The Morgan fingerprint density at radius 3 is 2.45 bits per heavy atom. The van der Waals surface area contributed by atoms with Crippen LogP contribution in [0.1, 0.15) is 30.7 Å². The molecule has 0 saturated carbocycles. The molecule has 1 rings (SSSR count). The monoisotopic (exact) mass is 173 g/mol. The van der Waals surface area contributed by atoms with Crippen molar-refractivity contribution in [2.45, 2.75) is 32.9 Å². The van der Waals surface area contributed by atoms with Gasteiger partial charge < -0.3 is 0 Å². The van der Waals surface area contributed by atoms with Gasteiger partial charge in [0.15, 0.2) is 0 Å². The quantitative estimate of drug-likeness (QED) is 0.636. The molecule has 0 bridgehead atoms. The van der Waals surface area contributed by atoms with E-state index in [4.69, 9.17) is 0 Å². The van der Waals surface area contributed by atoms with E-state index in [-0.39, 0.29) is 5.41 Å². The minimum Gasteiger partial charge on any atom is -0.247 e. The Balaban J connectivity index is 2.89. The van der Waals surface area contributed by atoms with E-state index < -0.39 is 6.67 Å². The van der Waals surface area contributed by atoms with Crippen molar-refractivity contribution in [2.24, 2.45) is 0 Å². The SMILES string of the molecule is CC(C)(C)c1cnc(CF)s1. The highest BCUT2D eigenvalue weighted by molar-refractivity contribution is 7.11. The van der Waals surface area contributed by atoms with Gasteiger partial charge in [-0.05, 0) is 5.41 Å². The first-order valence-electron chi connectivity index (χ1n) is 3.55. The third-order valence-corrected chi connectivity index (χ3v) is 2.79. The minimum atomic E-state index is -0.444. The van der Waals surface area contributed by atoms with Crippen LogP contribution < -0.4 is 0 Å². The third kappa shape index (κ3) is 1.99. The lowest BCUT2D eigenvalue weighted by molar-refractivity contribution is 0.483. The van der Waals surface area contributed by atoms with Gasteiger partial charge in [0.25, 0.3) is 0 Å². The highest BCUT2D eigenvalue weighted by Crippen LogP contribution is 2.27. The summed E-state index contributed by atoms with van der Waals surface area (Å²) in [5.74, 6) is 0. The Bertz CT molecular complexity index is 236. The molecule has 0 aliphatic heterocycles. The first-order chi connectivity index (χ1) is 5.04. The lowest BCUT2D eigenvalue weighted by Gasteiger charge is -2.14. The number of alkyl halides is 1. The second-order valence-electron chi connectivity index (χ2n) is 3.50. The predicted octanol–water partition coefficient (Wildman–Crippen LogP) is 2.91. The van der Waals surface area contributed by atoms with Crippen LogP contribution in [0.5, 0.6) is 0 Å². The normalized spacial score (nSPS) is 12.0. The summed E-state index contributed by atoms with van der Waals surface area (Å²) in [6.45, 7) is 5.86. The topological polar surface area (TPSA) is 12.9 Å². The first kappa shape index (κ1) is 8.65. The molecule has 1 nitrogen and oxygen atoms in total. The summed E-state index contributed by atoms with van der Waals surface area (Å²) in [5, 5.41) is 0.579. The summed E-state index contributed by atoms with van der Waals surface area (Å²) in [5.41, 5.74) is 0.102. The van der Waals surface area contributed by atoms with E-state index in [0.717, 1.165) is 4.88 Å². The Morgan fingerprint density at radius 1 is 1.55 bits per heavy atom. The Kier molecular flexibility index (Phi) is 2.28. The maximum absolute atomic E-state index is 12.1. The van der Waals surface area contributed by atoms with Crippen molar-refractivity contribution in [3.8, 4) is 0 Å². The van der Waals surface area contributed by atoms with E-state index in [0.29, 0.717) is 5.01 Å². The van der Waals surface area contributed by atoms with Crippen molar-refractivity contribution in [3.63, 3.8) is 0 Å². The van der Waals surface area contributed by atoms with Crippen LogP contribution in [0.4, 0.5) is 4.39 Å². The molecule has 0 amide bonds. The van der Waals surface area contributed by atoms with Gasteiger partial charge in [0.1, 0.15) is 11.7 Å². The highest BCUT2D eigenvalue weighted by Gasteiger charge is 2.16. The fourth-order valence-electron chi connectivity index (χ4n) is 0.719. The second-order valence-corrected chi connectivity index (χ2v) is 4.62. The van der Waals surface area contributed by atoms with Gasteiger partial charge in [-0.1, -0.05) is 20.8 Å². The maximum atomic E-state index is 12.1. The lowest BCUT2D eigenvalue weighted by Crippen LogP contribution is -2.07. The van der Waals surface area contributed by atoms with Crippen molar-refractivity contribution in [2.75, 3.05) is 0 Å². The number of hydrogen-bond donors (Lipinski definition) is 0. The van der Waals surface area contributed by atoms with E-state index in [2.05, 4.69) is 25.8 Å². The average Bonchev–Trinajstić information content (AvgIpc) is 2.32. The lowest BCUT2D eigenvalue weighted by atomic mass is 9.96. The van der Waals surface area contributed by atoms with Crippen LogP contribution in [-0.4, -0.2) is 4.98 Å². The zero-order valence-electron chi connectivity index (χ0n) is 7.02. The molecule has 0 saturated heterocycles. The van der Waals surface area contributed by atoms with Gasteiger partial charge in [-0.2, -0.15) is 0 Å². The van der Waals surface area contributed by atoms with Gasteiger partial charge in [0.2, 0.25) is 0 Å². The van der Waals surface area contributed by atoms with Crippen LogP contribution in [0, 0.1) is 0 Å². The molecule has 0 radical (unpaired) electrons.